The van der Waals surface area contributed by atoms with Gasteiger partial charge in [0.25, 0.3) is 0 Å². The lowest BCUT2D eigenvalue weighted by atomic mass is 10.3. The van der Waals surface area contributed by atoms with Crippen LogP contribution in [0.3, 0.4) is 0 Å². The first kappa shape index (κ1) is 11.7. The molecule has 1 aromatic rings. The molecule has 4 nitrogen and oxygen atoms in total. The molecular weight excluding hydrogens is 210 g/mol. The smallest absolute Gasteiger partial charge is 0.140 e. The SMILES string of the molecule is CSc1ccc(NCCC(N)=NO)cc1. The van der Waals surface area contributed by atoms with Crippen molar-refractivity contribution in [3.63, 3.8) is 0 Å². The predicted octanol–water partition coefficient (Wildman–Crippen LogP) is 1.96. The van der Waals surface area contributed by atoms with Gasteiger partial charge in [0.1, 0.15) is 5.84 Å². The maximum Gasteiger partial charge on any atom is 0.140 e. The normalized spacial score (nSPS) is 11.4. The van der Waals surface area contributed by atoms with Crippen LogP contribution >= 0.6 is 11.8 Å². The molecule has 1 rings (SSSR count). The first-order valence-electron chi connectivity index (χ1n) is 4.60. The Morgan fingerprint density at radius 3 is 2.67 bits per heavy atom. The van der Waals surface area contributed by atoms with Gasteiger partial charge in [0.2, 0.25) is 0 Å². The summed E-state index contributed by atoms with van der Waals surface area (Å²) in [6.45, 7) is 0.661. The average molecular weight is 225 g/mol. The van der Waals surface area contributed by atoms with Crippen molar-refractivity contribution in [2.45, 2.75) is 11.3 Å². The van der Waals surface area contributed by atoms with Crippen LogP contribution in [0.5, 0.6) is 0 Å². The van der Waals surface area contributed by atoms with Gasteiger partial charge in [-0.2, -0.15) is 0 Å². The molecule has 0 aliphatic rings. The number of hydrogen-bond acceptors (Lipinski definition) is 4. The van der Waals surface area contributed by atoms with Gasteiger partial charge in [0.15, 0.2) is 0 Å². The van der Waals surface area contributed by atoms with E-state index in [-0.39, 0.29) is 5.84 Å². The standard InChI is InChI=1S/C10H15N3OS/c1-15-9-4-2-8(3-5-9)12-7-6-10(11)13-14/h2-5,12,14H,6-7H2,1H3,(H2,11,13). The van der Waals surface area contributed by atoms with Gasteiger partial charge in [-0.1, -0.05) is 5.16 Å². The molecule has 0 radical (unpaired) electrons. The van der Waals surface area contributed by atoms with Crippen LogP contribution in [-0.2, 0) is 0 Å². The number of anilines is 1. The van der Waals surface area contributed by atoms with Crippen molar-refractivity contribution in [3.05, 3.63) is 24.3 Å². The van der Waals surface area contributed by atoms with Crippen molar-refractivity contribution in [3.8, 4) is 0 Å². The lowest BCUT2D eigenvalue weighted by Gasteiger charge is -2.05. The van der Waals surface area contributed by atoms with Crippen LogP contribution in [-0.4, -0.2) is 23.8 Å². The van der Waals surface area contributed by atoms with Crippen LogP contribution in [0.25, 0.3) is 0 Å². The minimum absolute atomic E-state index is 0.239. The Morgan fingerprint density at radius 2 is 2.13 bits per heavy atom. The van der Waals surface area contributed by atoms with Crippen LogP contribution in [0.15, 0.2) is 34.3 Å². The minimum Gasteiger partial charge on any atom is -0.409 e. The highest BCUT2D eigenvalue weighted by Crippen LogP contribution is 2.17. The largest absolute Gasteiger partial charge is 0.409 e. The van der Waals surface area contributed by atoms with Crippen molar-refractivity contribution in [2.24, 2.45) is 10.9 Å². The van der Waals surface area contributed by atoms with Crippen LogP contribution in [0, 0.1) is 0 Å². The van der Waals surface area contributed by atoms with Crippen LogP contribution in [0.2, 0.25) is 0 Å². The molecule has 5 heteroatoms. The predicted molar refractivity (Wildman–Crippen MR) is 64.7 cm³/mol. The average Bonchev–Trinajstić information content (AvgIpc) is 2.29. The van der Waals surface area contributed by atoms with Crippen LogP contribution in [0.4, 0.5) is 5.69 Å². The second-order valence-corrected chi connectivity index (χ2v) is 3.88. The Labute approximate surface area is 93.5 Å². The molecule has 0 unspecified atom stereocenters. The number of hydrogen-bond donors (Lipinski definition) is 3. The zero-order chi connectivity index (χ0) is 11.1. The van der Waals surface area contributed by atoms with Gasteiger partial charge in [-0.05, 0) is 30.5 Å². The van der Waals surface area contributed by atoms with E-state index in [0.29, 0.717) is 13.0 Å². The maximum absolute atomic E-state index is 8.33. The summed E-state index contributed by atoms with van der Waals surface area (Å²) in [5.74, 6) is 0.239. The van der Waals surface area contributed by atoms with Crippen molar-refractivity contribution in [2.75, 3.05) is 18.1 Å². The molecule has 0 aliphatic carbocycles. The molecule has 0 bridgehead atoms. The fourth-order valence-electron chi connectivity index (χ4n) is 1.09. The summed E-state index contributed by atoms with van der Waals surface area (Å²) in [4.78, 5) is 1.23. The molecule has 0 fully saturated rings. The fraction of sp³-hybridized carbons (Fsp3) is 0.300. The zero-order valence-electron chi connectivity index (χ0n) is 8.60. The van der Waals surface area contributed by atoms with E-state index in [9.17, 15) is 0 Å². The quantitative estimate of drug-likeness (QED) is 0.235. The van der Waals surface area contributed by atoms with Gasteiger partial charge in [0, 0.05) is 23.5 Å². The highest BCUT2D eigenvalue weighted by molar-refractivity contribution is 7.98. The second-order valence-electron chi connectivity index (χ2n) is 3.00. The number of amidine groups is 1. The van der Waals surface area contributed by atoms with Crippen LogP contribution in [0.1, 0.15) is 6.42 Å². The Kier molecular flexibility index (Phi) is 4.83. The molecule has 0 aromatic heterocycles. The number of oxime groups is 1. The molecule has 4 N–H and O–H groups in total. The van der Waals surface area contributed by atoms with Crippen molar-refractivity contribution in [1.29, 1.82) is 0 Å². The van der Waals surface area contributed by atoms with Crippen molar-refractivity contribution in [1.82, 2.24) is 0 Å². The van der Waals surface area contributed by atoms with E-state index in [1.54, 1.807) is 11.8 Å². The van der Waals surface area contributed by atoms with Crippen molar-refractivity contribution >= 4 is 23.3 Å². The number of nitrogens with two attached hydrogens (primary N) is 1. The van der Waals surface area contributed by atoms with Crippen molar-refractivity contribution < 1.29 is 5.21 Å². The molecule has 0 aliphatic heterocycles. The van der Waals surface area contributed by atoms with Gasteiger partial charge in [-0.25, -0.2) is 0 Å². The van der Waals surface area contributed by atoms with Crippen LogP contribution < -0.4 is 11.1 Å². The van der Waals surface area contributed by atoms with Gasteiger partial charge in [0.05, 0.1) is 0 Å². The molecule has 0 heterocycles. The number of nitrogens with zero attached hydrogens (tertiary/aromatic N) is 1. The summed E-state index contributed by atoms with van der Waals surface area (Å²) in [5, 5.41) is 14.4. The number of benzene rings is 1. The summed E-state index contributed by atoms with van der Waals surface area (Å²) in [5.41, 5.74) is 6.38. The monoisotopic (exact) mass is 225 g/mol. The Morgan fingerprint density at radius 1 is 1.47 bits per heavy atom. The third kappa shape index (κ3) is 4.12. The topological polar surface area (TPSA) is 70.6 Å². The molecular formula is C10H15N3OS. The second kappa shape index (κ2) is 6.19. The van der Waals surface area contributed by atoms with Gasteiger partial charge < -0.3 is 16.3 Å². The fourth-order valence-corrected chi connectivity index (χ4v) is 1.50. The Balaban J connectivity index is 2.38. The number of nitrogens with one attached hydrogen (secondary N) is 1. The zero-order valence-corrected chi connectivity index (χ0v) is 9.42. The molecule has 82 valence electrons. The molecule has 0 amide bonds. The molecule has 0 saturated heterocycles. The highest BCUT2D eigenvalue weighted by Gasteiger charge is 1.95. The summed E-state index contributed by atoms with van der Waals surface area (Å²) in [6, 6.07) is 8.13. The maximum atomic E-state index is 8.33. The first-order chi connectivity index (χ1) is 7.26. The minimum atomic E-state index is 0.239. The lowest BCUT2D eigenvalue weighted by Crippen LogP contribution is -2.16. The Hall–Kier alpha value is -1.36. The Bertz CT molecular complexity index is 324. The lowest BCUT2D eigenvalue weighted by molar-refractivity contribution is 0.317. The van der Waals surface area contributed by atoms with E-state index in [1.165, 1.54) is 4.90 Å². The van der Waals surface area contributed by atoms with Gasteiger partial charge in [-0.3, -0.25) is 0 Å². The number of thioether (sulfide) groups is 1. The van der Waals surface area contributed by atoms with E-state index < -0.39 is 0 Å². The van der Waals surface area contributed by atoms with E-state index in [4.69, 9.17) is 10.9 Å². The molecule has 0 spiro atoms. The van der Waals surface area contributed by atoms with E-state index in [1.807, 2.05) is 18.4 Å². The summed E-state index contributed by atoms with van der Waals surface area (Å²) in [6.07, 6.45) is 2.57. The highest BCUT2D eigenvalue weighted by atomic mass is 32.2. The van der Waals surface area contributed by atoms with E-state index >= 15 is 0 Å². The summed E-state index contributed by atoms with van der Waals surface area (Å²) in [7, 11) is 0. The summed E-state index contributed by atoms with van der Waals surface area (Å²) >= 11 is 1.71. The summed E-state index contributed by atoms with van der Waals surface area (Å²) < 4.78 is 0. The first-order valence-corrected chi connectivity index (χ1v) is 5.83. The molecule has 0 atom stereocenters. The van der Waals surface area contributed by atoms with E-state index in [0.717, 1.165) is 5.69 Å². The molecule has 1 aromatic carbocycles. The number of rotatable bonds is 5. The third-order valence-corrected chi connectivity index (χ3v) is 2.67. The third-order valence-electron chi connectivity index (χ3n) is 1.93. The van der Waals surface area contributed by atoms with Gasteiger partial charge >= 0.3 is 0 Å². The molecule has 0 saturated carbocycles. The molecule has 15 heavy (non-hydrogen) atoms. The van der Waals surface area contributed by atoms with Gasteiger partial charge in [-0.15, -0.1) is 11.8 Å². The van der Waals surface area contributed by atoms with E-state index in [2.05, 4.69) is 22.6 Å².